The lowest BCUT2D eigenvalue weighted by molar-refractivity contribution is -0.123. The molecule has 0 aliphatic heterocycles. The van der Waals surface area contributed by atoms with Crippen LogP contribution in [0, 0.1) is 3.57 Å². The Morgan fingerprint density at radius 2 is 2.05 bits per heavy atom. The summed E-state index contributed by atoms with van der Waals surface area (Å²) >= 11 is 2.24. The molecular weight excluding hydrogens is 365 g/mol. The topological polar surface area (TPSA) is 38.3 Å². The lowest BCUT2D eigenvalue weighted by atomic mass is 9.97. The number of hydrogen-bond donors (Lipinski definition) is 1. The fraction of sp³-hybridized carbons (Fsp3) is 0.438. The number of hydrogen-bond acceptors (Lipinski definition) is 2. The molecule has 0 aromatic heterocycles. The van der Waals surface area contributed by atoms with E-state index in [2.05, 4.69) is 34.0 Å². The van der Waals surface area contributed by atoms with E-state index < -0.39 is 0 Å². The van der Waals surface area contributed by atoms with Gasteiger partial charge in [-0.25, -0.2) is 0 Å². The van der Waals surface area contributed by atoms with Gasteiger partial charge in [0.25, 0.3) is 5.91 Å². The van der Waals surface area contributed by atoms with Gasteiger partial charge in [-0.3, -0.25) is 4.79 Å². The van der Waals surface area contributed by atoms with Crippen molar-refractivity contribution in [3.8, 4) is 5.75 Å². The molecular formula is C16H20INO2. The number of allylic oxidation sites excluding steroid dienone is 1. The molecule has 4 heteroatoms. The first-order valence-electron chi connectivity index (χ1n) is 7.07. The number of ether oxygens (including phenoxy) is 1. The van der Waals surface area contributed by atoms with E-state index in [4.69, 9.17) is 4.74 Å². The molecule has 20 heavy (non-hydrogen) atoms. The summed E-state index contributed by atoms with van der Waals surface area (Å²) in [5, 5.41) is 2.91. The highest BCUT2D eigenvalue weighted by Gasteiger charge is 2.05. The lowest BCUT2D eigenvalue weighted by Gasteiger charge is -2.13. The molecule has 1 aliphatic carbocycles. The molecule has 1 aromatic rings. The molecule has 1 amide bonds. The van der Waals surface area contributed by atoms with E-state index in [0.717, 1.165) is 15.7 Å². The maximum absolute atomic E-state index is 11.7. The third-order valence-electron chi connectivity index (χ3n) is 3.34. The third-order valence-corrected chi connectivity index (χ3v) is 4.06. The number of benzene rings is 1. The highest BCUT2D eigenvalue weighted by atomic mass is 127. The van der Waals surface area contributed by atoms with Crippen molar-refractivity contribution in [2.75, 3.05) is 13.2 Å². The Balaban J connectivity index is 1.62. The van der Waals surface area contributed by atoms with Crippen LogP contribution in [0.3, 0.4) is 0 Å². The van der Waals surface area contributed by atoms with Gasteiger partial charge in [-0.2, -0.15) is 0 Å². The van der Waals surface area contributed by atoms with E-state index in [-0.39, 0.29) is 12.5 Å². The zero-order valence-corrected chi connectivity index (χ0v) is 13.7. The van der Waals surface area contributed by atoms with Crippen LogP contribution in [0.1, 0.15) is 32.1 Å². The van der Waals surface area contributed by atoms with Gasteiger partial charge in [0.2, 0.25) is 0 Å². The molecule has 0 fully saturated rings. The average Bonchev–Trinajstić information content (AvgIpc) is 2.48. The van der Waals surface area contributed by atoms with E-state index in [1.807, 2.05) is 24.3 Å². The average molecular weight is 385 g/mol. The largest absolute Gasteiger partial charge is 0.484 e. The van der Waals surface area contributed by atoms with Crippen molar-refractivity contribution in [2.24, 2.45) is 0 Å². The molecule has 0 spiro atoms. The second-order valence-electron chi connectivity index (χ2n) is 4.95. The standard InChI is InChI=1S/C16H20INO2/c17-14-6-8-15(9-7-14)20-12-16(19)18-11-10-13-4-2-1-3-5-13/h4,6-9H,1-3,5,10-12H2,(H,18,19). The van der Waals surface area contributed by atoms with Crippen molar-refractivity contribution >= 4 is 28.5 Å². The molecule has 108 valence electrons. The molecule has 0 atom stereocenters. The molecule has 1 N–H and O–H groups in total. The minimum Gasteiger partial charge on any atom is -0.484 e. The van der Waals surface area contributed by atoms with Gasteiger partial charge in [0.15, 0.2) is 6.61 Å². The Morgan fingerprint density at radius 1 is 1.25 bits per heavy atom. The van der Waals surface area contributed by atoms with E-state index in [0.29, 0.717) is 6.54 Å². The van der Waals surface area contributed by atoms with Crippen molar-refractivity contribution < 1.29 is 9.53 Å². The summed E-state index contributed by atoms with van der Waals surface area (Å²) in [7, 11) is 0. The molecule has 1 aliphatic rings. The van der Waals surface area contributed by atoms with Gasteiger partial charge in [0, 0.05) is 10.1 Å². The van der Waals surface area contributed by atoms with Crippen molar-refractivity contribution in [3.05, 3.63) is 39.5 Å². The van der Waals surface area contributed by atoms with Crippen molar-refractivity contribution in [1.29, 1.82) is 0 Å². The van der Waals surface area contributed by atoms with Gasteiger partial charge in [-0.05, 0) is 79.0 Å². The van der Waals surface area contributed by atoms with Crippen LogP contribution in [0.4, 0.5) is 0 Å². The SMILES string of the molecule is O=C(COc1ccc(I)cc1)NCCC1=CCCCC1. The normalized spacial score (nSPS) is 14.6. The molecule has 0 heterocycles. The van der Waals surface area contributed by atoms with Crippen LogP contribution in [0.5, 0.6) is 5.75 Å². The van der Waals surface area contributed by atoms with Crippen LogP contribution < -0.4 is 10.1 Å². The number of carbonyl (C=O) groups excluding carboxylic acids is 1. The van der Waals surface area contributed by atoms with Gasteiger partial charge < -0.3 is 10.1 Å². The quantitative estimate of drug-likeness (QED) is 0.600. The first-order valence-corrected chi connectivity index (χ1v) is 8.15. The Morgan fingerprint density at radius 3 is 2.75 bits per heavy atom. The second kappa shape index (κ2) is 8.29. The van der Waals surface area contributed by atoms with Crippen LogP contribution in [0.2, 0.25) is 0 Å². The Hall–Kier alpha value is -1.04. The minimum absolute atomic E-state index is 0.0556. The van der Waals surface area contributed by atoms with Crippen LogP contribution in [-0.2, 0) is 4.79 Å². The molecule has 1 aromatic carbocycles. The Kier molecular flexibility index (Phi) is 6.36. The summed E-state index contributed by atoms with van der Waals surface area (Å²) in [6.07, 6.45) is 8.26. The highest BCUT2D eigenvalue weighted by Crippen LogP contribution is 2.19. The van der Waals surface area contributed by atoms with Gasteiger partial charge in [-0.1, -0.05) is 11.6 Å². The summed E-state index contributed by atoms with van der Waals surface area (Å²) in [4.78, 5) is 11.7. The van der Waals surface area contributed by atoms with Crippen LogP contribution in [0.15, 0.2) is 35.9 Å². The first-order chi connectivity index (χ1) is 9.74. The number of nitrogens with one attached hydrogen (secondary N) is 1. The fourth-order valence-electron chi connectivity index (χ4n) is 2.22. The maximum atomic E-state index is 11.7. The Labute approximate surface area is 133 Å². The number of halogens is 1. The van der Waals surface area contributed by atoms with Gasteiger partial charge in [0.1, 0.15) is 5.75 Å². The summed E-state index contributed by atoms with van der Waals surface area (Å²) in [6.45, 7) is 0.792. The smallest absolute Gasteiger partial charge is 0.257 e. The molecule has 3 nitrogen and oxygen atoms in total. The van der Waals surface area contributed by atoms with E-state index in [1.54, 1.807) is 0 Å². The maximum Gasteiger partial charge on any atom is 0.257 e. The predicted octanol–water partition coefficient (Wildman–Crippen LogP) is 3.68. The number of carbonyl (C=O) groups is 1. The van der Waals surface area contributed by atoms with Gasteiger partial charge in [0.05, 0.1) is 0 Å². The van der Waals surface area contributed by atoms with Gasteiger partial charge >= 0.3 is 0 Å². The predicted molar refractivity (Wildman–Crippen MR) is 88.8 cm³/mol. The summed E-state index contributed by atoms with van der Waals surface area (Å²) in [6, 6.07) is 7.68. The Bertz CT molecular complexity index is 468. The van der Waals surface area contributed by atoms with Gasteiger partial charge in [-0.15, -0.1) is 0 Å². The van der Waals surface area contributed by atoms with Crippen LogP contribution >= 0.6 is 22.6 Å². The zero-order valence-electron chi connectivity index (χ0n) is 11.5. The molecule has 0 saturated carbocycles. The molecule has 0 bridgehead atoms. The second-order valence-corrected chi connectivity index (χ2v) is 6.20. The monoisotopic (exact) mass is 385 g/mol. The highest BCUT2D eigenvalue weighted by molar-refractivity contribution is 14.1. The summed E-state index contributed by atoms with van der Waals surface area (Å²) in [5.41, 5.74) is 1.48. The first kappa shape index (κ1) is 15.4. The minimum atomic E-state index is -0.0556. The molecule has 0 saturated heterocycles. The zero-order chi connectivity index (χ0) is 14.2. The number of rotatable bonds is 6. The van der Waals surface area contributed by atoms with E-state index in [9.17, 15) is 4.79 Å². The summed E-state index contributed by atoms with van der Waals surface area (Å²) < 4.78 is 6.59. The van der Waals surface area contributed by atoms with E-state index in [1.165, 1.54) is 31.3 Å². The van der Waals surface area contributed by atoms with E-state index >= 15 is 0 Å². The van der Waals surface area contributed by atoms with Crippen molar-refractivity contribution in [3.63, 3.8) is 0 Å². The fourth-order valence-corrected chi connectivity index (χ4v) is 2.58. The van der Waals surface area contributed by atoms with Crippen molar-refractivity contribution in [1.82, 2.24) is 5.32 Å². The summed E-state index contributed by atoms with van der Waals surface area (Å²) in [5.74, 6) is 0.676. The van der Waals surface area contributed by atoms with Crippen LogP contribution in [0.25, 0.3) is 0 Å². The molecule has 2 rings (SSSR count). The van der Waals surface area contributed by atoms with Crippen molar-refractivity contribution in [2.45, 2.75) is 32.1 Å². The number of amides is 1. The third kappa shape index (κ3) is 5.53. The van der Waals surface area contributed by atoms with Crippen LogP contribution in [-0.4, -0.2) is 19.1 Å². The lowest BCUT2D eigenvalue weighted by Crippen LogP contribution is -2.30. The molecule has 0 radical (unpaired) electrons. The molecule has 0 unspecified atom stereocenters.